The van der Waals surface area contributed by atoms with Gasteiger partial charge in [-0.15, -0.1) is 0 Å². The van der Waals surface area contributed by atoms with Gasteiger partial charge in [-0.05, 0) is 0 Å². The van der Waals surface area contributed by atoms with Crippen LogP contribution >= 0.6 is 0 Å². The number of anilines is 1. The Labute approximate surface area is 136 Å². The molecule has 1 spiro atoms. The number of nitrogens with zero attached hydrogens (tertiary/aromatic N) is 3. The zero-order valence-electron chi connectivity index (χ0n) is 12.6. The Morgan fingerprint density at radius 1 is 1.09 bits per heavy atom. The van der Waals surface area contributed by atoms with E-state index in [1.165, 1.54) is 12.1 Å². The number of aliphatic imine (C=N–C) groups is 2. The Morgan fingerprint density at radius 2 is 1.70 bits per heavy atom. The van der Waals surface area contributed by atoms with Crippen LogP contribution in [0.3, 0.4) is 0 Å². The maximum atomic E-state index is 11.4. The molecule has 0 bridgehead atoms. The molecule has 9 heteroatoms. The van der Waals surface area contributed by atoms with Gasteiger partial charge in [-0.1, -0.05) is 0 Å². The molecule has 1 aliphatic carbocycles. The third kappa shape index (κ3) is 3.02. The number of benzene rings is 1. The predicted molar refractivity (Wildman–Crippen MR) is 88.5 cm³/mol. The molecule has 1 aromatic carbocycles. The normalized spacial score (nSPS) is 21.0. The molecule has 0 aromatic heterocycles. The van der Waals surface area contributed by atoms with Gasteiger partial charge in [0, 0.05) is 0 Å². The van der Waals surface area contributed by atoms with E-state index in [0.717, 1.165) is 32.1 Å². The van der Waals surface area contributed by atoms with Crippen LogP contribution in [0.4, 0.5) is 5.69 Å². The summed E-state index contributed by atoms with van der Waals surface area (Å²) in [7, 11) is 0. The SMILES string of the molecule is NC1=NC2(CCCCC2)N(c2ccc([As](=O)(O)O)cc2)C(N)=N1. The number of rotatable bonds is 2. The van der Waals surface area contributed by atoms with Crippen LogP contribution in [0, 0.1) is 0 Å². The fraction of sp³-hybridized carbons (Fsp3) is 0.429. The second-order valence-electron chi connectivity index (χ2n) is 5.88. The Kier molecular flexibility index (Phi) is 3.99. The van der Waals surface area contributed by atoms with Crippen molar-refractivity contribution in [3.05, 3.63) is 24.3 Å². The monoisotopic (exact) mass is 381 g/mol. The van der Waals surface area contributed by atoms with Gasteiger partial charge in [-0.3, -0.25) is 0 Å². The molecule has 0 unspecified atom stereocenters. The summed E-state index contributed by atoms with van der Waals surface area (Å²) >= 11 is -4.90. The summed E-state index contributed by atoms with van der Waals surface area (Å²) in [5.41, 5.74) is 12.1. The Hall–Kier alpha value is -1.76. The third-order valence-corrected chi connectivity index (χ3v) is 6.33. The molecular weight excluding hydrogens is 361 g/mol. The Balaban J connectivity index is 2.02. The molecule has 1 aromatic rings. The summed E-state index contributed by atoms with van der Waals surface area (Å²) in [4.78, 5) is 10.4. The van der Waals surface area contributed by atoms with Gasteiger partial charge in [-0.2, -0.15) is 0 Å². The van der Waals surface area contributed by atoms with E-state index in [9.17, 15) is 11.9 Å². The quantitative estimate of drug-likeness (QED) is 0.503. The average molecular weight is 381 g/mol. The van der Waals surface area contributed by atoms with E-state index in [1.54, 1.807) is 12.1 Å². The van der Waals surface area contributed by atoms with Crippen LogP contribution in [0.1, 0.15) is 32.1 Å². The van der Waals surface area contributed by atoms with Crippen molar-refractivity contribution in [3.63, 3.8) is 0 Å². The molecule has 1 saturated carbocycles. The summed E-state index contributed by atoms with van der Waals surface area (Å²) in [6.45, 7) is 0. The Morgan fingerprint density at radius 3 is 2.26 bits per heavy atom. The van der Waals surface area contributed by atoms with Crippen LogP contribution in [-0.4, -0.2) is 39.9 Å². The molecule has 8 nitrogen and oxygen atoms in total. The topological polar surface area (TPSA) is 138 Å². The molecule has 2 aliphatic rings. The first-order valence-electron chi connectivity index (χ1n) is 7.48. The van der Waals surface area contributed by atoms with Gasteiger partial charge >= 0.3 is 136 Å². The van der Waals surface area contributed by atoms with Gasteiger partial charge in [0.15, 0.2) is 0 Å². The van der Waals surface area contributed by atoms with Gasteiger partial charge in [-0.25, -0.2) is 0 Å². The number of hydrogen-bond acceptors (Lipinski definition) is 6. The molecule has 6 N–H and O–H groups in total. The number of hydrogen-bond donors (Lipinski definition) is 4. The molecule has 0 amide bonds. The maximum absolute atomic E-state index is 11.4. The second kappa shape index (κ2) is 5.70. The second-order valence-corrected chi connectivity index (χ2v) is 9.25. The average Bonchev–Trinajstić information content (AvgIpc) is 2.46. The van der Waals surface area contributed by atoms with Crippen LogP contribution in [0.2, 0.25) is 0 Å². The minimum atomic E-state index is -4.90. The standard InChI is InChI=1S/C14H20AsN5O3/c16-12-18-13(17)20(14(19-12)8-2-1-3-9-14)11-6-4-10(5-7-11)15(21,22)23/h4-7H,1-3,8-9H2,(H2,21,22,23)(H4,16,17,18,19). The third-order valence-electron chi connectivity index (χ3n) is 4.30. The van der Waals surface area contributed by atoms with Crippen LogP contribution in [-0.2, 0) is 3.74 Å². The van der Waals surface area contributed by atoms with Gasteiger partial charge in [0.1, 0.15) is 0 Å². The fourth-order valence-corrected chi connectivity index (χ4v) is 4.42. The van der Waals surface area contributed by atoms with E-state index in [2.05, 4.69) is 9.98 Å². The number of nitrogens with two attached hydrogens (primary N) is 2. The van der Waals surface area contributed by atoms with E-state index in [-0.39, 0.29) is 16.3 Å². The van der Waals surface area contributed by atoms with Crippen molar-refractivity contribution >= 4 is 36.1 Å². The van der Waals surface area contributed by atoms with E-state index >= 15 is 0 Å². The van der Waals surface area contributed by atoms with E-state index in [4.69, 9.17) is 11.5 Å². The van der Waals surface area contributed by atoms with Gasteiger partial charge < -0.3 is 0 Å². The van der Waals surface area contributed by atoms with Crippen molar-refractivity contribution in [1.29, 1.82) is 0 Å². The molecule has 0 atom stereocenters. The first kappa shape index (κ1) is 16.1. The summed E-state index contributed by atoms with van der Waals surface area (Å²) in [6.07, 6.45) is 4.80. The molecule has 1 aliphatic heterocycles. The number of guanidine groups is 2. The molecule has 1 heterocycles. The van der Waals surface area contributed by atoms with Crippen molar-refractivity contribution in [2.45, 2.75) is 37.8 Å². The van der Waals surface area contributed by atoms with Crippen molar-refractivity contribution in [2.24, 2.45) is 21.5 Å². The predicted octanol–water partition coefficient (Wildman–Crippen LogP) is -0.643. The van der Waals surface area contributed by atoms with Crippen molar-refractivity contribution in [2.75, 3.05) is 4.90 Å². The molecule has 0 radical (unpaired) electrons. The molecule has 1 fully saturated rings. The molecule has 23 heavy (non-hydrogen) atoms. The fourth-order valence-electron chi connectivity index (χ4n) is 3.29. The van der Waals surface area contributed by atoms with E-state index in [0.29, 0.717) is 5.69 Å². The first-order valence-corrected chi connectivity index (χ1v) is 10.9. The van der Waals surface area contributed by atoms with Crippen molar-refractivity contribution < 1.29 is 11.9 Å². The summed E-state index contributed by atoms with van der Waals surface area (Å²) in [6, 6.07) is 6.15. The summed E-state index contributed by atoms with van der Waals surface area (Å²) in [5, 5.41) is 0. The van der Waals surface area contributed by atoms with Crippen LogP contribution in [0.25, 0.3) is 0 Å². The van der Waals surface area contributed by atoms with Gasteiger partial charge in [0.2, 0.25) is 0 Å². The van der Waals surface area contributed by atoms with E-state index in [1.807, 2.05) is 4.90 Å². The van der Waals surface area contributed by atoms with Crippen LogP contribution in [0.5, 0.6) is 0 Å². The molecule has 3 rings (SSSR count). The first-order chi connectivity index (χ1) is 10.8. The van der Waals surface area contributed by atoms with Crippen molar-refractivity contribution in [1.82, 2.24) is 0 Å². The van der Waals surface area contributed by atoms with Gasteiger partial charge in [0.25, 0.3) is 0 Å². The zero-order valence-corrected chi connectivity index (χ0v) is 14.5. The van der Waals surface area contributed by atoms with Crippen LogP contribution < -0.4 is 20.7 Å². The van der Waals surface area contributed by atoms with Crippen molar-refractivity contribution in [3.8, 4) is 0 Å². The minimum absolute atomic E-state index is 0.0279. The Bertz CT molecular complexity index is 704. The molecule has 124 valence electrons. The molecular formula is C14H20AsN5O3. The molecule has 0 saturated heterocycles. The van der Waals surface area contributed by atoms with E-state index < -0.39 is 19.8 Å². The summed E-state index contributed by atoms with van der Waals surface area (Å²) < 4.78 is 30.0. The van der Waals surface area contributed by atoms with Gasteiger partial charge in [0.05, 0.1) is 0 Å². The van der Waals surface area contributed by atoms with Crippen LogP contribution in [0.15, 0.2) is 34.3 Å². The summed E-state index contributed by atoms with van der Waals surface area (Å²) in [5.74, 6) is 0.435. The zero-order chi connectivity index (χ0) is 16.7.